The molecule has 1 fully saturated rings. The summed E-state index contributed by atoms with van der Waals surface area (Å²) in [6, 6.07) is -3.31. The number of esters is 3. The van der Waals surface area contributed by atoms with Gasteiger partial charge in [-0.15, -0.1) is 0 Å². The van der Waals surface area contributed by atoms with E-state index in [1.807, 2.05) is 13.8 Å². The number of ether oxygens (including phenoxy) is 3. The number of amides is 3. The Labute approximate surface area is 282 Å². The summed E-state index contributed by atoms with van der Waals surface area (Å²) in [5.74, 6) is -6.82. The molecule has 0 unspecified atom stereocenters. The van der Waals surface area contributed by atoms with Crippen molar-refractivity contribution in [2.45, 2.75) is 132 Å². The average Bonchev–Trinajstić information content (AvgIpc) is 2.98. The lowest BCUT2D eigenvalue weighted by atomic mass is 9.94. The highest BCUT2D eigenvalue weighted by molar-refractivity contribution is 5.94. The van der Waals surface area contributed by atoms with E-state index in [0.717, 1.165) is 0 Å². The van der Waals surface area contributed by atoms with Crippen LogP contribution in [0.1, 0.15) is 95.9 Å². The first-order chi connectivity index (χ1) is 21.6. The minimum absolute atomic E-state index is 0.380. The van der Waals surface area contributed by atoms with Gasteiger partial charge >= 0.3 is 17.9 Å². The van der Waals surface area contributed by atoms with Crippen molar-refractivity contribution in [3.8, 4) is 0 Å². The fraction of sp³-hybridized carbons (Fsp3) is 0.829. The maximum absolute atomic E-state index is 14.0. The van der Waals surface area contributed by atoms with Crippen molar-refractivity contribution in [1.82, 2.24) is 14.7 Å². The van der Waals surface area contributed by atoms with Crippen molar-refractivity contribution in [2.75, 3.05) is 21.1 Å². The van der Waals surface area contributed by atoms with Gasteiger partial charge in [-0.05, 0) is 35.5 Å². The smallest absolute Gasteiger partial charge is 0.329 e. The van der Waals surface area contributed by atoms with Crippen LogP contribution in [-0.4, -0.2) is 108 Å². The summed E-state index contributed by atoms with van der Waals surface area (Å²) in [5, 5.41) is 0. The van der Waals surface area contributed by atoms with Gasteiger partial charge in [0, 0.05) is 21.1 Å². The number of hydrogen-bond acceptors (Lipinski definition) is 9. The third-order valence-electron chi connectivity index (χ3n) is 9.29. The van der Waals surface area contributed by atoms with Gasteiger partial charge < -0.3 is 28.9 Å². The van der Waals surface area contributed by atoms with Gasteiger partial charge in [0.05, 0.1) is 0 Å². The number of likely N-dealkylation sites (N-methyl/N-ethyl adjacent to an activating group) is 3. The quantitative estimate of drug-likeness (QED) is 0.278. The zero-order valence-corrected chi connectivity index (χ0v) is 31.4. The minimum atomic E-state index is -1.28. The van der Waals surface area contributed by atoms with Gasteiger partial charge in [-0.25, -0.2) is 14.4 Å². The number of nitrogens with zero attached hydrogens (tertiary/aromatic N) is 3. The fourth-order valence-corrected chi connectivity index (χ4v) is 5.88. The maximum atomic E-state index is 14.0. The van der Waals surface area contributed by atoms with Crippen LogP contribution in [0.4, 0.5) is 0 Å². The Morgan fingerprint density at radius 1 is 0.447 bits per heavy atom. The van der Waals surface area contributed by atoms with Crippen LogP contribution in [0.3, 0.4) is 0 Å². The standard InChI is InChI=1S/C35H61N3O9/c1-16-22(11)25-34(43)46-27(19(5)6)30(39)36(13)24(18(3)4)33(42)45-28(20(7)8)31(40)37(14)26(23(12)17-2)35(44)47-29(21(9)10)32(41)38(25)15/h18-29H,16-17H2,1-15H3/t22-,23-,24-,25-,26-,27+,28-,29+/m0/s1. The van der Waals surface area contributed by atoms with Crippen LogP contribution >= 0.6 is 0 Å². The highest BCUT2D eigenvalue weighted by Crippen LogP contribution is 2.26. The molecule has 3 amide bonds. The lowest BCUT2D eigenvalue weighted by Crippen LogP contribution is -2.58. The summed E-state index contributed by atoms with van der Waals surface area (Å²) in [7, 11) is 4.36. The highest BCUT2D eigenvalue weighted by Gasteiger charge is 2.45. The normalized spacial score (nSPS) is 28.0. The van der Waals surface area contributed by atoms with E-state index in [4.69, 9.17) is 14.2 Å². The zero-order valence-electron chi connectivity index (χ0n) is 31.4. The SMILES string of the molecule is CC[C@H](C)[C@H]1C(=O)O[C@H](C(C)C)C(=O)N(C)[C@@H]([C@@H](C)CC)C(=O)O[C@H](C(C)C)C(=O)N(C)[C@@H](C(C)C)C(=O)O[C@@H](C(C)C)C(=O)N1C. The second-order valence-corrected chi connectivity index (χ2v) is 14.5. The number of carbonyl (C=O) groups is 6. The first-order valence-corrected chi connectivity index (χ1v) is 17.1. The Balaban J connectivity index is 4.00. The Morgan fingerprint density at radius 2 is 0.681 bits per heavy atom. The van der Waals surface area contributed by atoms with Crippen LogP contribution in [0, 0.1) is 35.5 Å². The summed E-state index contributed by atoms with van der Waals surface area (Å²) in [5.41, 5.74) is 0. The molecule has 0 aliphatic carbocycles. The van der Waals surface area contributed by atoms with Crippen molar-refractivity contribution in [3.05, 3.63) is 0 Å². The third-order valence-corrected chi connectivity index (χ3v) is 9.29. The Hall–Kier alpha value is -3.18. The predicted molar refractivity (Wildman–Crippen MR) is 178 cm³/mol. The second kappa shape index (κ2) is 17.8. The molecule has 0 aromatic rings. The van der Waals surface area contributed by atoms with E-state index in [-0.39, 0.29) is 11.8 Å². The van der Waals surface area contributed by atoms with Crippen LogP contribution in [-0.2, 0) is 43.0 Å². The van der Waals surface area contributed by atoms with Crippen LogP contribution in [0.15, 0.2) is 0 Å². The van der Waals surface area contributed by atoms with E-state index < -0.39 is 95.7 Å². The van der Waals surface area contributed by atoms with E-state index >= 15 is 0 Å². The number of cyclic esters (lactones) is 3. The Kier molecular flexibility index (Phi) is 15.9. The number of hydrogen-bond donors (Lipinski definition) is 0. The summed E-state index contributed by atoms with van der Waals surface area (Å²) in [6.07, 6.45) is -2.82. The van der Waals surface area contributed by atoms with E-state index in [2.05, 4.69) is 0 Å². The number of carbonyl (C=O) groups excluding carboxylic acids is 6. The van der Waals surface area contributed by atoms with Crippen LogP contribution < -0.4 is 0 Å². The molecule has 0 N–H and O–H groups in total. The van der Waals surface area contributed by atoms with Gasteiger partial charge in [-0.2, -0.15) is 0 Å². The lowest BCUT2D eigenvalue weighted by Gasteiger charge is -2.39. The van der Waals surface area contributed by atoms with Crippen molar-refractivity contribution in [2.24, 2.45) is 35.5 Å². The van der Waals surface area contributed by atoms with Crippen LogP contribution in [0.25, 0.3) is 0 Å². The lowest BCUT2D eigenvalue weighted by molar-refractivity contribution is -0.182. The molecule has 1 rings (SSSR count). The molecule has 12 nitrogen and oxygen atoms in total. The minimum Gasteiger partial charge on any atom is -0.450 e. The molecule has 47 heavy (non-hydrogen) atoms. The Morgan fingerprint density at radius 3 is 0.894 bits per heavy atom. The van der Waals surface area contributed by atoms with E-state index in [0.29, 0.717) is 12.8 Å². The first kappa shape index (κ1) is 41.8. The van der Waals surface area contributed by atoms with Gasteiger partial charge in [0.2, 0.25) is 0 Å². The molecule has 8 atom stereocenters. The van der Waals surface area contributed by atoms with Gasteiger partial charge in [0.15, 0.2) is 18.3 Å². The molecular formula is C35H61N3O9. The molecule has 0 bridgehead atoms. The van der Waals surface area contributed by atoms with Gasteiger partial charge in [0.1, 0.15) is 18.1 Å². The fourth-order valence-electron chi connectivity index (χ4n) is 5.88. The summed E-state index contributed by atoms with van der Waals surface area (Å²) >= 11 is 0. The molecule has 1 saturated heterocycles. The summed E-state index contributed by atoms with van der Waals surface area (Å²) in [4.78, 5) is 87.3. The zero-order chi connectivity index (χ0) is 36.7. The summed E-state index contributed by atoms with van der Waals surface area (Å²) < 4.78 is 17.6. The third kappa shape index (κ3) is 9.92. The Bertz CT molecular complexity index is 1110. The van der Waals surface area contributed by atoms with Crippen molar-refractivity contribution in [1.29, 1.82) is 0 Å². The van der Waals surface area contributed by atoms with Crippen LogP contribution in [0.2, 0.25) is 0 Å². The molecule has 12 heteroatoms. The van der Waals surface area contributed by atoms with Gasteiger partial charge in [0.25, 0.3) is 17.7 Å². The maximum Gasteiger partial charge on any atom is 0.329 e. The molecule has 0 spiro atoms. The molecule has 0 radical (unpaired) electrons. The van der Waals surface area contributed by atoms with Crippen molar-refractivity contribution in [3.63, 3.8) is 0 Å². The molecule has 1 aliphatic rings. The first-order valence-electron chi connectivity index (χ1n) is 17.1. The van der Waals surface area contributed by atoms with E-state index in [1.165, 1.54) is 35.8 Å². The van der Waals surface area contributed by atoms with Crippen molar-refractivity contribution < 1.29 is 43.0 Å². The van der Waals surface area contributed by atoms with E-state index in [9.17, 15) is 28.8 Å². The van der Waals surface area contributed by atoms with Gasteiger partial charge in [-0.3, -0.25) is 14.4 Å². The second-order valence-electron chi connectivity index (χ2n) is 14.5. The molecule has 1 heterocycles. The molecule has 0 aromatic heterocycles. The molecule has 270 valence electrons. The average molecular weight is 668 g/mol. The molecular weight excluding hydrogens is 606 g/mol. The predicted octanol–water partition coefficient (Wildman–Crippen LogP) is 3.93. The van der Waals surface area contributed by atoms with Gasteiger partial charge in [-0.1, -0.05) is 95.9 Å². The van der Waals surface area contributed by atoms with Crippen molar-refractivity contribution >= 4 is 35.6 Å². The summed E-state index contributed by atoms with van der Waals surface area (Å²) in [6.45, 7) is 21.1. The van der Waals surface area contributed by atoms with Crippen LogP contribution in [0.5, 0.6) is 0 Å². The largest absolute Gasteiger partial charge is 0.450 e. The molecule has 0 aromatic carbocycles. The highest BCUT2D eigenvalue weighted by atomic mass is 16.6. The number of rotatable bonds is 8. The topological polar surface area (TPSA) is 140 Å². The monoisotopic (exact) mass is 667 g/mol. The molecule has 0 saturated carbocycles. The molecule has 1 aliphatic heterocycles. The van der Waals surface area contributed by atoms with E-state index in [1.54, 1.807) is 69.2 Å².